The van der Waals surface area contributed by atoms with E-state index in [1.165, 1.54) is 6.07 Å². The van der Waals surface area contributed by atoms with E-state index in [2.05, 4.69) is 4.98 Å². The van der Waals surface area contributed by atoms with Gasteiger partial charge in [-0.15, -0.1) is 0 Å². The van der Waals surface area contributed by atoms with E-state index in [-0.39, 0.29) is 11.2 Å². The third kappa shape index (κ3) is 3.08. The highest BCUT2D eigenvalue weighted by atomic mass is 35.5. The number of fused-ring (bicyclic) bond motifs is 1. The van der Waals surface area contributed by atoms with Gasteiger partial charge in [0, 0.05) is 23.7 Å². The second-order valence-corrected chi connectivity index (χ2v) is 7.44. The van der Waals surface area contributed by atoms with E-state index in [0.29, 0.717) is 34.0 Å². The second-order valence-electron chi connectivity index (χ2n) is 7.00. The molecule has 1 aromatic heterocycles. The quantitative estimate of drug-likeness (QED) is 0.673. The fraction of sp³-hybridized carbons (Fsp3) is 0.278. The zero-order valence-electron chi connectivity index (χ0n) is 13.6. The zero-order chi connectivity index (χ0) is 17.6. The van der Waals surface area contributed by atoms with Crippen molar-refractivity contribution in [3.63, 3.8) is 0 Å². The summed E-state index contributed by atoms with van der Waals surface area (Å²) in [4.78, 5) is 4.41. The van der Waals surface area contributed by atoms with Crippen LogP contribution >= 0.6 is 11.6 Å². The maximum atomic E-state index is 13.7. The standard InChI is InChI=1S/C18H17ClF2N2O/c1-18(2,3)9-23-15-8-13(21)12(20)7-14(15)22-17(23)11-5-4-10(19)6-16(11)24/h4-8,24H,9H2,1-3H3. The number of phenolic OH excluding ortho intramolecular Hbond substituents is 1. The number of hydrogen-bond donors (Lipinski definition) is 1. The molecule has 0 saturated heterocycles. The van der Waals surface area contributed by atoms with Gasteiger partial charge in [0.25, 0.3) is 0 Å². The summed E-state index contributed by atoms with van der Waals surface area (Å²) in [6, 6.07) is 6.91. The van der Waals surface area contributed by atoms with Crippen molar-refractivity contribution in [2.24, 2.45) is 5.41 Å². The first-order valence-electron chi connectivity index (χ1n) is 7.50. The van der Waals surface area contributed by atoms with Gasteiger partial charge in [0.05, 0.1) is 16.6 Å². The molecule has 0 unspecified atom stereocenters. The van der Waals surface area contributed by atoms with E-state index in [1.54, 1.807) is 16.7 Å². The predicted molar refractivity (Wildman–Crippen MR) is 91.2 cm³/mol. The van der Waals surface area contributed by atoms with Gasteiger partial charge in [-0.3, -0.25) is 0 Å². The summed E-state index contributed by atoms with van der Waals surface area (Å²) in [5, 5.41) is 10.6. The smallest absolute Gasteiger partial charge is 0.161 e. The molecule has 6 heteroatoms. The highest BCUT2D eigenvalue weighted by Crippen LogP contribution is 2.35. The molecule has 0 fully saturated rings. The lowest BCUT2D eigenvalue weighted by atomic mass is 9.96. The molecule has 0 atom stereocenters. The van der Waals surface area contributed by atoms with E-state index in [1.807, 2.05) is 20.8 Å². The topological polar surface area (TPSA) is 38.0 Å². The van der Waals surface area contributed by atoms with E-state index in [9.17, 15) is 13.9 Å². The van der Waals surface area contributed by atoms with Crippen molar-refractivity contribution < 1.29 is 13.9 Å². The van der Waals surface area contributed by atoms with Crippen molar-refractivity contribution in [1.82, 2.24) is 9.55 Å². The van der Waals surface area contributed by atoms with Gasteiger partial charge < -0.3 is 9.67 Å². The SMILES string of the molecule is CC(C)(C)Cn1c(-c2ccc(Cl)cc2O)nc2cc(F)c(F)cc21. The van der Waals surface area contributed by atoms with Crippen molar-refractivity contribution in [2.45, 2.75) is 27.3 Å². The predicted octanol–water partition coefficient (Wildman–Crippen LogP) is 5.39. The first-order valence-corrected chi connectivity index (χ1v) is 7.88. The molecule has 126 valence electrons. The number of phenols is 1. The first kappa shape index (κ1) is 16.7. The molecule has 0 amide bonds. The number of halogens is 3. The summed E-state index contributed by atoms with van der Waals surface area (Å²) in [5.41, 5.74) is 1.14. The molecule has 3 rings (SSSR count). The summed E-state index contributed by atoms with van der Waals surface area (Å²) in [7, 11) is 0. The first-order chi connectivity index (χ1) is 11.2. The molecule has 3 nitrogen and oxygen atoms in total. The Labute approximate surface area is 143 Å². The minimum absolute atomic E-state index is 0.0334. The summed E-state index contributed by atoms with van der Waals surface area (Å²) in [6.07, 6.45) is 0. The maximum Gasteiger partial charge on any atom is 0.161 e. The second kappa shape index (κ2) is 5.74. The minimum atomic E-state index is -0.949. The van der Waals surface area contributed by atoms with Gasteiger partial charge in [0.15, 0.2) is 11.6 Å². The molecule has 0 saturated carbocycles. The van der Waals surface area contributed by atoms with Crippen LogP contribution in [0.15, 0.2) is 30.3 Å². The number of nitrogens with zero attached hydrogens (tertiary/aromatic N) is 2. The summed E-state index contributed by atoms with van der Waals surface area (Å²) < 4.78 is 29.1. The average Bonchev–Trinajstić information content (AvgIpc) is 2.76. The molecular formula is C18H17ClF2N2O. The fourth-order valence-corrected chi connectivity index (χ4v) is 2.82. The van der Waals surface area contributed by atoms with E-state index in [0.717, 1.165) is 12.1 Å². The molecule has 2 aromatic carbocycles. The van der Waals surface area contributed by atoms with Gasteiger partial charge in [-0.05, 0) is 23.6 Å². The molecule has 0 aliphatic rings. The van der Waals surface area contributed by atoms with Crippen molar-refractivity contribution in [1.29, 1.82) is 0 Å². The number of imidazole rings is 1. The van der Waals surface area contributed by atoms with Gasteiger partial charge in [-0.2, -0.15) is 0 Å². The van der Waals surface area contributed by atoms with Crippen LogP contribution in [0.2, 0.25) is 5.02 Å². The summed E-state index contributed by atoms with van der Waals surface area (Å²) >= 11 is 5.88. The van der Waals surface area contributed by atoms with Crippen LogP contribution in [0.4, 0.5) is 8.78 Å². The lowest BCUT2D eigenvalue weighted by Gasteiger charge is -2.21. The van der Waals surface area contributed by atoms with Gasteiger partial charge in [0.1, 0.15) is 11.6 Å². The summed E-state index contributed by atoms with van der Waals surface area (Å²) in [6.45, 7) is 6.62. The van der Waals surface area contributed by atoms with Gasteiger partial charge in [0.2, 0.25) is 0 Å². The Kier molecular flexibility index (Phi) is 4.00. The van der Waals surface area contributed by atoms with Crippen LogP contribution < -0.4 is 0 Å². The van der Waals surface area contributed by atoms with Crippen molar-refractivity contribution >= 4 is 22.6 Å². The van der Waals surface area contributed by atoms with Crippen LogP contribution in [0.3, 0.4) is 0 Å². The average molecular weight is 351 g/mol. The number of benzene rings is 2. The Morgan fingerprint density at radius 1 is 1.12 bits per heavy atom. The van der Waals surface area contributed by atoms with E-state index in [4.69, 9.17) is 11.6 Å². The van der Waals surface area contributed by atoms with Crippen LogP contribution in [0, 0.1) is 17.0 Å². The molecule has 0 spiro atoms. The van der Waals surface area contributed by atoms with Crippen molar-refractivity contribution in [3.05, 3.63) is 47.0 Å². The lowest BCUT2D eigenvalue weighted by Crippen LogP contribution is -2.16. The van der Waals surface area contributed by atoms with Crippen molar-refractivity contribution in [3.8, 4) is 17.1 Å². The molecule has 0 bridgehead atoms. The molecule has 3 aromatic rings. The minimum Gasteiger partial charge on any atom is -0.507 e. The lowest BCUT2D eigenvalue weighted by molar-refractivity contribution is 0.349. The summed E-state index contributed by atoms with van der Waals surface area (Å²) in [5.74, 6) is -1.47. The largest absolute Gasteiger partial charge is 0.507 e. The van der Waals surface area contributed by atoms with Crippen LogP contribution in [0.5, 0.6) is 5.75 Å². The van der Waals surface area contributed by atoms with Crippen LogP contribution in [0.25, 0.3) is 22.4 Å². The number of rotatable bonds is 2. The molecular weight excluding hydrogens is 334 g/mol. The van der Waals surface area contributed by atoms with Gasteiger partial charge in [-0.1, -0.05) is 32.4 Å². The van der Waals surface area contributed by atoms with E-state index >= 15 is 0 Å². The number of hydrogen-bond acceptors (Lipinski definition) is 2. The Hall–Kier alpha value is -2.14. The normalized spacial score (nSPS) is 12.1. The van der Waals surface area contributed by atoms with Crippen LogP contribution in [0.1, 0.15) is 20.8 Å². The number of aromatic hydroxyl groups is 1. The highest BCUT2D eigenvalue weighted by molar-refractivity contribution is 6.30. The Bertz CT molecular complexity index is 929. The van der Waals surface area contributed by atoms with Crippen LogP contribution in [-0.4, -0.2) is 14.7 Å². The third-order valence-corrected chi connectivity index (χ3v) is 3.86. The fourth-order valence-electron chi connectivity index (χ4n) is 2.65. The van der Waals surface area contributed by atoms with Crippen molar-refractivity contribution in [2.75, 3.05) is 0 Å². The molecule has 24 heavy (non-hydrogen) atoms. The van der Waals surface area contributed by atoms with E-state index < -0.39 is 11.6 Å². The monoisotopic (exact) mass is 350 g/mol. The zero-order valence-corrected chi connectivity index (χ0v) is 14.3. The molecule has 1 heterocycles. The Balaban J connectivity index is 2.31. The van der Waals surface area contributed by atoms with Gasteiger partial charge >= 0.3 is 0 Å². The Morgan fingerprint density at radius 3 is 2.42 bits per heavy atom. The Morgan fingerprint density at radius 2 is 1.79 bits per heavy atom. The number of aromatic nitrogens is 2. The molecule has 1 N–H and O–H groups in total. The molecule has 0 aliphatic heterocycles. The third-order valence-electron chi connectivity index (χ3n) is 3.62. The highest BCUT2D eigenvalue weighted by Gasteiger charge is 2.21. The molecule has 0 aliphatic carbocycles. The van der Waals surface area contributed by atoms with Gasteiger partial charge in [-0.25, -0.2) is 13.8 Å². The molecule has 0 radical (unpaired) electrons. The maximum absolute atomic E-state index is 13.7. The van der Waals surface area contributed by atoms with Crippen LogP contribution in [-0.2, 0) is 6.54 Å².